The molecule has 0 heteroatoms. The predicted octanol–water partition coefficient (Wildman–Crippen LogP) is 9.08. The second kappa shape index (κ2) is 22.7. The van der Waals surface area contributed by atoms with Crippen molar-refractivity contribution in [2.45, 2.75) is 135 Å². The van der Waals surface area contributed by atoms with E-state index in [1.54, 1.807) is 6.08 Å². The lowest BCUT2D eigenvalue weighted by Gasteiger charge is -2.03. The van der Waals surface area contributed by atoms with Gasteiger partial charge in [0, 0.05) is 0 Å². The van der Waals surface area contributed by atoms with Crippen LogP contribution >= 0.6 is 0 Å². The molecule has 0 unspecified atom stereocenters. The summed E-state index contributed by atoms with van der Waals surface area (Å²) in [5.74, 6) is 0. The van der Waals surface area contributed by atoms with E-state index in [-0.39, 0.29) is 0 Å². The van der Waals surface area contributed by atoms with Crippen molar-refractivity contribution in [2.75, 3.05) is 0 Å². The summed E-state index contributed by atoms with van der Waals surface area (Å²) < 4.78 is 0. The van der Waals surface area contributed by atoms with Gasteiger partial charge >= 0.3 is 0 Å². The normalized spacial score (nSPS) is 11.6. The van der Waals surface area contributed by atoms with Crippen LogP contribution in [0.4, 0.5) is 0 Å². The Kier molecular flexibility index (Phi) is 22.5. The van der Waals surface area contributed by atoms with Crippen molar-refractivity contribution in [1.29, 1.82) is 0 Å². The fraction of sp³-hybridized carbons (Fsp3) is 0.875. The van der Waals surface area contributed by atoms with E-state index in [4.69, 9.17) is 6.92 Å². The van der Waals surface area contributed by atoms with Gasteiger partial charge in [-0.25, -0.2) is 0 Å². The average molecular weight is 335 g/mol. The Hall–Kier alpha value is -0.260. The Balaban J connectivity index is 2.95. The highest BCUT2D eigenvalue weighted by molar-refractivity contribution is 4.83. The second-order valence-corrected chi connectivity index (χ2v) is 7.58. The van der Waals surface area contributed by atoms with Gasteiger partial charge in [0.25, 0.3) is 0 Å². The topological polar surface area (TPSA) is 0 Å². The van der Waals surface area contributed by atoms with Crippen LogP contribution in [-0.4, -0.2) is 0 Å². The lowest BCUT2D eigenvalue weighted by atomic mass is 10.0. The summed E-state index contributed by atoms with van der Waals surface area (Å²) in [6.45, 7) is 7.62. The van der Waals surface area contributed by atoms with E-state index in [0.717, 1.165) is 6.42 Å². The summed E-state index contributed by atoms with van der Waals surface area (Å²) in [6.07, 6.45) is 32.4. The van der Waals surface area contributed by atoms with Gasteiger partial charge in [-0.1, -0.05) is 135 Å². The van der Waals surface area contributed by atoms with Crippen LogP contribution in [0.5, 0.6) is 0 Å². The molecule has 24 heavy (non-hydrogen) atoms. The molecule has 142 valence electrons. The van der Waals surface area contributed by atoms with Crippen molar-refractivity contribution in [1.82, 2.24) is 0 Å². The highest BCUT2D eigenvalue weighted by Gasteiger charge is 1.95. The lowest BCUT2D eigenvalue weighted by Crippen LogP contribution is -1.84. The first-order valence-corrected chi connectivity index (χ1v) is 11.3. The first-order chi connectivity index (χ1) is 11.9. The van der Waals surface area contributed by atoms with E-state index in [1.807, 2.05) is 0 Å². The summed E-state index contributed by atoms with van der Waals surface area (Å²) in [4.78, 5) is 0. The maximum Gasteiger partial charge on any atom is -0.00958 e. The van der Waals surface area contributed by atoms with Crippen molar-refractivity contribution in [3.05, 3.63) is 19.1 Å². The molecule has 0 aromatic heterocycles. The van der Waals surface area contributed by atoms with Gasteiger partial charge in [0.1, 0.15) is 0 Å². The van der Waals surface area contributed by atoms with Crippen molar-refractivity contribution in [3.63, 3.8) is 0 Å². The molecular formula is C24H46. The van der Waals surface area contributed by atoms with Gasteiger partial charge in [-0.15, -0.1) is 0 Å². The molecule has 0 aliphatic heterocycles. The van der Waals surface area contributed by atoms with Crippen LogP contribution in [0.2, 0.25) is 0 Å². The van der Waals surface area contributed by atoms with Gasteiger partial charge in [0.05, 0.1) is 0 Å². The summed E-state index contributed by atoms with van der Waals surface area (Å²) in [5.41, 5.74) is 0. The van der Waals surface area contributed by atoms with Gasteiger partial charge in [0.2, 0.25) is 0 Å². The zero-order chi connectivity index (χ0) is 17.6. The van der Waals surface area contributed by atoms with E-state index in [1.165, 1.54) is 122 Å². The minimum absolute atomic E-state index is 1.16. The molecule has 0 aliphatic carbocycles. The smallest absolute Gasteiger partial charge is 0.00958 e. The Labute approximate surface area is 154 Å². The third kappa shape index (κ3) is 21.7. The van der Waals surface area contributed by atoms with Gasteiger partial charge in [0.15, 0.2) is 0 Å². The molecule has 0 bridgehead atoms. The third-order valence-corrected chi connectivity index (χ3v) is 5.11. The molecule has 0 aromatic rings. The highest BCUT2D eigenvalue weighted by Crippen LogP contribution is 2.14. The number of rotatable bonds is 20. The lowest BCUT2D eigenvalue weighted by molar-refractivity contribution is 0.523. The summed E-state index contributed by atoms with van der Waals surface area (Å²) >= 11 is 0. The molecule has 0 N–H and O–H groups in total. The molecule has 0 atom stereocenters. The summed E-state index contributed by atoms with van der Waals surface area (Å²) in [6, 6.07) is 0. The largest absolute Gasteiger partial charge is 0.0882 e. The summed E-state index contributed by atoms with van der Waals surface area (Å²) in [5, 5.41) is 0. The van der Waals surface area contributed by atoms with Crippen LogP contribution < -0.4 is 0 Å². The zero-order valence-corrected chi connectivity index (χ0v) is 16.9. The van der Waals surface area contributed by atoms with Crippen LogP contribution in [0.15, 0.2) is 12.2 Å². The first-order valence-electron chi connectivity index (χ1n) is 11.3. The SMILES string of the molecule is [CH]C=CCCCCCCCCCCCCCCCCCCCCC. The molecule has 0 nitrogen and oxygen atoms in total. The molecule has 0 fully saturated rings. The van der Waals surface area contributed by atoms with Crippen molar-refractivity contribution < 1.29 is 0 Å². The third-order valence-electron chi connectivity index (χ3n) is 5.11. The molecule has 0 amide bonds. The quantitative estimate of drug-likeness (QED) is 0.195. The molecule has 0 aromatic carbocycles. The highest BCUT2D eigenvalue weighted by atomic mass is 14.0. The van der Waals surface area contributed by atoms with E-state index >= 15 is 0 Å². The Morgan fingerprint density at radius 2 is 0.750 bits per heavy atom. The van der Waals surface area contributed by atoms with Gasteiger partial charge in [-0.2, -0.15) is 0 Å². The number of allylic oxidation sites excluding steroid dienone is 2. The van der Waals surface area contributed by atoms with Crippen molar-refractivity contribution >= 4 is 0 Å². The van der Waals surface area contributed by atoms with Gasteiger partial charge in [-0.05, 0) is 19.8 Å². The minimum atomic E-state index is 1.16. The van der Waals surface area contributed by atoms with E-state index in [2.05, 4.69) is 13.0 Å². The van der Waals surface area contributed by atoms with Crippen LogP contribution in [0.1, 0.15) is 135 Å². The first kappa shape index (κ1) is 23.7. The maximum absolute atomic E-state index is 5.33. The Bertz CT molecular complexity index is 228. The van der Waals surface area contributed by atoms with Crippen LogP contribution in [-0.2, 0) is 0 Å². The molecule has 0 rings (SSSR count). The summed E-state index contributed by atoms with van der Waals surface area (Å²) in [7, 11) is 0. The van der Waals surface area contributed by atoms with Crippen LogP contribution in [0.25, 0.3) is 0 Å². The standard InChI is InChI=1S/C24H46/c1-3-5-7-9-11-13-15-17-19-21-23-24-22-20-18-16-14-12-10-8-6-4-2/h1,3,5H,4,6-24H2,2H3. The Morgan fingerprint density at radius 3 is 1.04 bits per heavy atom. The fourth-order valence-corrected chi connectivity index (χ4v) is 3.44. The van der Waals surface area contributed by atoms with E-state index in [9.17, 15) is 0 Å². The van der Waals surface area contributed by atoms with E-state index in [0.29, 0.717) is 0 Å². The maximum atomic E-state index is 5.33. The number of hydrogen-bond acceptors (Lipinski definition) is 0. The Morgan fingerprint density at radius 1 is 0.458 bits per heavy atom. The molecular weight excluding hydrogens is 288 g/mol. The van der Waals surface area contributed by atoms with Gasteiger partial charge in [-0.3, -0.25) is 0 Å². The number of unbranched alkanes of at least 4 members (excludes halogenated alkanes) is 19. The van der Waals surface area contributed by atoms with Crippen LogP contribution in [0, 0.1) is 6.92 Å². The fourth-order valence-electron chi connectivity index (χ4n) is 3.44. The minimum Gasteiger partial charge on any atom is -0.0882 e. The second-order valence-electron chi connectivity index (χ2n) is 7.58. The zero-order valence-electron chi connectivity index (χ0n) is 16.9. The molecule has 0 aliphatic rings. The van der Waals surface area contributed by atoms with Crippen molar-refractivity contribution in [2.24, 2.45) is 0 Å². The molecule has 0 saturated carbocycles. The van der Waals surface area contributed by atoms with Crippen LogP contribution in [0.3, 0.4) is 0 Å². The van der Waals surface area contributed by atoms with E-state index < -0.39 is 0 Å². The number of hydrogen-bond donors (Lipinski definition) is 0. The molecule has 0 heterocycles. The molecule has 0 saturated heterocycles. The molecule has 0 spiro atoms. The van der Waals surface area contributed by atoms with Crippen molar-refractivity contribution in [3.8, 4) is 0 Å². The molecule has 2 radical (unpaired) electrons. The van der Waals surface area contributed by atoms with Gasteiger partial charge < -0.3 is 0 Å². The average Bonchev–Trinajstić information content (AvgIpc) is 2.60. The monoisotopic (exact) mass is 334 g/mol. The predicted molar refractivity (Wildman–Crippen MR) is 111 cm³/mol.